The predicted molar refractivity (Wildman–Crippen MR) is 76.4 cm³/mol. The third kappa shape index (κ3) is 3.66. The van der Waals surface area contributed by atoms with Crippen LogP contribution in [0.25, 0.3) is 0 Å². The van der Waals surface area contributed by atoms with Gasteiger partial charge in [-0.2, -0.15) is 5.10 Å². The van der Waals surface area contributed by atoms with Gasteiger partial charge in [0.15, 0.2) is 11.6 Å². The predicted octanol–water partition coefficient (Wildman–Crippen LogP) is 1.94. The smallest absolute Gasteiger partial charge is 0.158 e. The molecule has 0 unspecified atom stereocenters. The van der Waals surface area contributed by atoms with Crippen LogP contribution in [0.15, 0.2) is 10.6 Å². The summed E-state index contributed by atoms with van der Waals surface area (Å²) in [5, 5.41) is 11.9. The summed E-state index contributed by atoms with van der Waals surface area (Å²) in [6.07, 6.45) is 2.83. The number of nitrogens with zero attached hydrogens (tertiary/aromatic N) is 4. The van der Waals surface area contributed by atoms with Crippen molar-refractivity contribution in [2.45, 2.75) is 53.1 Å². The first-order valence-electron chi connectivity index (χ1n) is 7.34. The second kappa shape index (κ2) is 7.19. The molecule has 0 spiro atoms. The van der Waals surface area contributed by atoms with E-state index in [1.165, 1.54) is 0 Å². The number of hydrogen-bond donors (Lipinski definition) is 1. The van der Waals surface area contributed by atoms with Crippen molar-refractivity contribution in [1.82, 2.24) is 25.2 Å². The molecule has 2 rings (SSSR count). The van der Waals surface area contributed by atoms with Crippen LogP contribution in [0.5, 0.6) is 0 Å². The maximum Gasteiger partial charge on any atom is 0.158 e. The summed E-state index contributed by atoms with van der Waals surface area (Å²) in [6, 6.07) is 1.98. The quantitative estimate of drug-likeness (QED) is 0.747. The van der Waals surface area contributed by atoms with Crippen molar-refractivity contribution in [2.75, 3.05) is 6.54 Å². The first-order valence-corrected chi connectivity index (χ1v) is 7.34. The highest BCUT2D eigenvalue weighted by Gasteiger charge is 2.10. The molecule has 0 aromatic carbocycles. The lowest BCUT2D eigenvalue weighted by Gasteiger charge is -2.00. The Hall–Kier alpha value is -1.69. The van der Waals surface area contributed by atoms with Gasteiger partial charge in [0.1, 0.15) is 12.4 Å². The zero-order valence-electron chi connectivity index (χ0n) is 12.5. The van der Waals surface area contributed by atoms with Crippen molar-refractivity contribution in [2.24, 2.45) is 0 Å². The molecule has 0 aliphatic heterocycles. The third-order valence-corrected chi connectivity index (χ3v) is 3.07. The molecule has 0 fully saturated rings. The summed E-state index contributed by atoms with van der Waals surface area (Å²) < 4.78 is 7.27. The molecule has 2 heterocycles. The largest absolute Gasteiger partial charge is 0.359 e. The molecule has 20 heavy (non-hydrogen) atoms. The van der Waals surface area contributed by atoms with Gasteiger partial charge in [0, 0.05) is 25.5 Å². The van der Waals surface area contributed by atoms with Gasteiger partial charge in [0.25, 0.3) is 0 Å². The van der Waals surface area contributed by atoms with Crippen molar-refractivity contribution < 1.29 is 4.52 Å². The number of nitrogens with one attached hydrogen (secondary N) is 1. The maximum atomic E-state index is 5.36. The molecular formula is C14H23N5O. The van der Waals surface area contributed by atoms with Crippen LogP contribution >= 0.6 is 0 Å². The number of aromatic nitrogens is 4. The maximum absolute atomic E-state index is 5.36. The Labute approximate surface area is 119 Å². The molecule has 0 amide bonds. The molecule has 0 saturated carbocycles. The fraction of sp³-hybridized carbons (Fsp3) is 0.643. The minimum Gasteiger partial charge on any atom is -0.359 e. The zero-order valence-corrected chi connectivity index (χ0v) is 12.5. The highest BCUT2D eigenvalue weighted by atomic mass is 16.5. The Balaban J connectivity index is 2.00. The van der Waals surface area contributed by atoms with E-state index in [0.29, 0.717) is 6.54 Å². The van der Waals surface area contributed by atoms with Crippen molar-refractivity contribution in [3.05, 3.63) is 29.2 Å². The van der Waals surface area contributed by atoms with E-state index in [1.54, 1.807) is 0 Å². The summed E-state index contributed by atoms with van der Waals surface area (Å²) in [5.41, 5.74) is 0.933. The summed E-state index contributed by atoms with van der Waals surface area (Å²) in [5.74, 6) is 2.69. The number of hydrogen-bond acceptors (Lipinski definition) is 5. The van der Waals surface area contributed by atoms with Gasteiger partial charge >= 0.3 is 0 Å². The molecule has 6 heteroatoms. The van der Waals surface area contributed by atoms with Gasteiger partial charge in [-0.05, 0) is 13.0 Å². The fourth-order valence-electron chi connectivity index (χ4n) is 2.02. The van der Waals surface area contributed by atoms with Crippen LogP contribution < -0.4 is 5.32 Å². The lowest BCUT2D eigenvalue weighted by atomic mass is 10.3. The molecule has 0 atom stereocenters. The van der Waals surface area contributed by atoms with E-state index in [2.05, 4.69) is 41.3 Å². The van der Waals surface area contributed by atoms with Crippen LogP contribution in [-0.2, 0) is 25.9 Å². The normalized spacial score (nSPS) is 11.2. The van der Waals surface area contributed by atoms with Crippen molar-refractivity contribution in [3.8, 4) is 0 Å². The fourth-order valence-corrected chi connectivity index (χ4v) is 2.02. The number of rotatable bonds is 8. The molecule has 6 nitrogen and oxygen atoms in total. The van der Waals surface area contributed by atoms with E-state index in [9.17, 15) is 0 Å². The molecule has 0 radical (unpaired) electrons. The summed E-state index contributed by atoms with van der Waals surface area (Å²) in [4.78, 5) is 4.49. The van der Waals surface area contributed by atoms with Crippen LogP contribution in [0.4, 0.5) is 0 Å². The first kappa shape index (κ1) is 14.7. The topological polar surface area (TPSA) is 68.8 Å². The summed E-state index contributed by atoms with van der Waals surface area (Å²) in [7, 11) is 0. The SMILES string of the molecule is CCCNCc1cc(Cn2nc(CC)nc2CC)on1. The van der Waals surface area contributed by atoms with Crippen LogP contribution in [0, 0.1) is 0 Å². The second-order valence-corrected chi connectivity index (χ2v) is 4.77. The standard InChI is InChI=1S/C14H23N5O/c1-4-7-15-9-11-8-12(20-18-11)10-19-14(6-3)16-13(5-2)17-19/h8,15H,4-7,9-10H2,1-3H3. The van der Waals surface area contributed by atoms with Crippen LogP contribution in [0.3, 0.4) is 0 Å². The average Bonchev–Trinajstić information content (AvgIpc) is 3.06. The monoisotopic (exact) mass is 277 g/mol. The van der Waals surface area contributed by atoms with Crippen molar-refractivity contribution in [1.29, 1.82) is 0 Å². The lowest BCUT2D eigenvalue weighted by Crippen LogP contribution is -2.13. The van der Waals surface area contributed by atoms with E-state index < -0.39 is 0 Å². The van der Waals surface area contributed by atoms with E-state index in [-0.39, 0.29) is 0 Å². The lowest BCUT2D eigenvalue weighted by molar-refractivity contribution is 0.362. The molecule has 2 aromatic rings. The van der Waals surface area contributed by atoms with Crippen LogP contribution in [0.1, 0.15) is 50.3 Å². The van der Waals surface area contributed by atoms with E-state index in [0.717, 1.165) is 55.5 Å². The first-order chi connectivity index (χ1) is 9.76. The minimum atomic E-state index is 0.594. The van der Waals surface area contributed by atoms with Gasteiger partial charge in [-0.1, -0.05) is 25.9 Å². The summed E-state index contributed by atoms with van der Waals surface area (Å²) >= 11 is 0. The molecule has 2 aromatic heterocycles. The minimum absolute atomic E-state index is 0.594. The Morgan fingerprint density at radius 1 is 1.25 bits per heavy atom. The average molecular weight is 277 g/mol. The van der Waals surface area contributed by atoms with Crippen LogP contribution in [-0.4, -0.2) is 26.5 Å². The molecule has 0 aliphatic carbocycles. The Morgan fingerprint density at radius 2 is 2.10 bits per heavy atom. The zero-order chi connectivity index (χ0) is 14.4. The van der Waals surface area contributed by atoms with E-state index in [4.69, 9.17) is 4.52 Å². The Morgan fingerprint density at radius 3 is 2.80 bits per heavy atom. The highest BCUT2D eigenvalue weighted by Crippen LogP contribution is 2.08. The molecule has 0 aliphatic rings. The molecule has 1 N–H and O–H groups in total. The Kier molecular flexibility index (Phi) is 5.29. The van der Waals surface area contributed by atoms with Crippen molar-refractivity contribution in [3.63, 3.8) is 0 Å². The molecule has 0 saturated heterocycles. The van der Waals surface area contributed by atoms with E-state index >= 15 is 0 Å². The molecule has 0 bridgehead atoms. The third-order valence-electron chi connectivity index (χ3n) is 3.07. The Bertz CT molecular complexity index is 531. The van der Waals surface area contributed by atoms with Gasteiger partial charge in [-0.15, -0.1) is 0 Å². The van der Waals surface area contributed by atoms with Gasteiger partial charge in [-0.25, -0.2) is 9.67 Å². The second-order valence-electron chi connectivity index (χ2n) is 4.77. The van der Waals surface area contributed by atoms with Crippen molar-refractivity contribution >= 4 is 0 Å². The molecule has 110 valence electrons. The van der Waals surface area contributed by atoms with Gasteiger partial charge in [0.05, 0.1) is 5.69 Å². The highest BCUT2D eigenvalue weighted by molar-refractivity contribution is 5.06. The summed E-state index contributed by atoms with van der Waals surface area (Å²) in [6.45, 7) is 8.62. The van der Waals surface area contributed by atoms with Gasteiger partial charge < -0.3 is 9.84 Å². The van der Waals surface area contributed by atoms with Crippen LogP contribution in [0.2, 0.25) is 0 Å². The molecular weight excluding hydrogens is 254 g/mol. The number of aryl methyl sites for hydroxylation is 2. The van der Waals surface area contributed by atoms with Gasteiger partial charge in [0.2, 0.25) is 0 Å². The van der Waals surface area contributed by atoms with Gasteiger partial charge in [-0.3, -0.25) is 0 Å². The van der Waals surface area contributed by atoms with E-state index in [1.807, 2.05) is 10.7 Å².